The third-order valence-electron chi connectivity index (χ3n) is 3.54. The summed E-state index contributed by atoms with van der Waals surface area (Å²) in [5.41, 5.74) is 0. The quantitative estimate of drug-likeness (QED) is 0.564. The fourth-order valence-corrected chi connectivity index (χ4v) is 2.58. The number of hydrogen-bond acceptors (Lipinski definition) is 6. The van der Waals surface area contributed by atoms with Gasteiger partial charge in [-0.3, -0.25) is 29.0 Å². The molecule has 10 nitrogen and oxygen atoms in total. The molecular formula is C12H12N2O8. The minimum absolute atomic E-state index is 0.239. The molecule has 0 aromatic heterocycles. The number of rotatable bonds is 5. The van der Waals surface area contributed by atoms with Crippen molar-refractivity contribution in [3.8, 4) is 0 Å². The van der Waals surface area contributed by atoms with Crippen LogP contribution in [-0.4, -0.2) is 67.7 Å². The molecule has 2 aliphatic rings. The molecule has 22 heavy (non-hydrogen) atoms. The zero-order chi connectivity index (χ0) is 16.6. The number of hydrogen-bond donors (Lipinski definition) is 2. The van der Waals surface area contributed by atoms with Crippen molar-refractivity contribution >= 4 is 35.6 Å². The normalized spacial score (nSPS) is 21.5. The van der Waals surface area contributed by atoms with Gasteiger partial charge in [0.2, 0.25) is 23.6 Å². The minimum atomic E-state index is -2.13. The van der Waals surface area contributed by atoms with Crippen molar-refractivity contribution in [1.29, 1.82) is 0 Å². The van der Waals surface area contributed by atoms with Gasteiger partial charge in [-0.15, -0.1) is 0 Å². The average molecular weight is 312 g/mol. The van der Waals surface area contributed by atoms with Crippen molar-refractivity contribution in [2.45, 2.75) is 37.8 Å². The van der Waals surface area contributed by atoms with Gasteiger partial charge in [0.1, 0.15) is 0 Å². The van der Waals surface area contributed by atoms with Crippen molar-refractivity contribution in [2.75, 3.05) is 0 Å². The third kappa shape index (κ3) is 2.43. The molecule has 0 radical (unpaired) electrons. The van der Waals surface area contributed by atoms with Gasteiger partial charge < -0.3 is 10.2 Å². The Hall–Kier alpha value is -2.78. The van der Waals surface area contributed by atoms with Crippen molar-refractivity contribution in [3.63, 3.8) is 0 Å². The van der Waals surface area contributed by atoms with Crippen LogP contribution in [0.4, 0.5) is 0 Å². The molecule has 4 amide bonds. The summed E-state index contributed by atoms with van der Waals surface area (Å²) < 4.78 is 0. The SMILES string of the molecule is O=C(O)C(C(C(=O)O)N1C(=O)CCC1=O)N1C(=O)CCC1=O. The summed E-state index contributed by atoms with van der Waals surface area (Å²) in [5.74, 6) is -6.93. The number of likely N-dealkylation sites (tertiary alicyclic amines) is 2. The van der Waals surface area contributed by atoms with E-state index in [1.807, 2.05) is 0 Å². The first-order chi connectivity index (χ1) is 10.3. The van der Waals surface area contributed by atoms with E-state index in [1.54, 1.807) is 0 Å². The summed E-state index contributed by atoms with van der Waals surface area (Å²) in [7, 11) is 0. The molecular weight excluding hydrogens is 300 g/mol. The van der Waals surface area contributed by atoms with Gasteiger partial charge in [-0.2, -0.15) is 0 Å². The van der Waals surface area contributed by atoms with Crippen molar-refractivity contribution in [3.05, 3.63) is 0 Å². The van der Waals surface area contributed by atoms with Crippen LogP contribution < -0.4 is 0 Å². The molecule has 2 saturated heterocycles. The Kier molecular flexibility index (Phi) is 3.93. The maximum Gasteiger partial charge on any atom is 0.329 e. The number of carbonyl (C=O) groups excluding carboxylic acids is 4. The lowest BCUT2D eigenvalue weighted by molar-refractivity contribution is -0.167. The van der Waals surface area contributed by atoms with Crippen molar-refractivity contribution < 1.29 is 39.0 Å². The number of nitrogens with zero attached hydrogens (tertiary/aromatic N) is 2. The topological polar surface area (TPSA) is 149 Å². The largest absolute Gasteiger partial charge is 0.480 e. The molecule has 2 fully saturated rings. The van der Waals surface area contributed by atoms with Gasteiger partial charge >= 0.3 is 11.9 Å². The van der Waals surface area contributed by atoms with Crippen LogP contribution in [0.15, 0.2) is 0 Å². The molecule has 2 atom stereocenters. The van der Waals surface area contributed by atoms with E-state index in [0.717, 1.165) is 0 Å². The highest BCUT2D eigenvalue weighted by Gasteiger charge is 2.52. The maximum absolute atomic E-state index is 11.7. The van der Waals surface area contributed by atoms with E-state index in [0.29, 0.717) is 9.80 Å². The summed E-state index contributed by atoms with van der Waals surface area (Å²) in [6, 6.07) is -4.27. The van der Waals surface area contributed by atoms with Crippen molar-refractivity contribution in [1.82, 2.24) is 9.80 Å². The van der Waals surface area contributed by atoms with E-state index in [4.69, 9.17) is 0 Å². The maximum atomic E-state index is 11.7. The van der Waals surface area contributed by atoms with E-state index >= 15 is 0 Å². The molecule has 0 spiro atoms. The second-order valence-corrected chi connectivity index (χ2v) is 4.88. The number of carbonyl (C=O) groups is 6. The van der Waals surface area contributed by atoms with Gasteiger partial charge in [0.25, 0.3) is 0 Å². The first kappa shape index (κ1) is 15.6. The Morgan fingerprint density at radius 1 is 0.682 bits per heavy atom. The fourth-order valence-electron chi connectivity index (χ4n) is 2.58. The first-order valence-corrected chi connectivity index (χ1v) is 6.41. The lowest BCUT2D eigenvalue weighted by Crippen LogP contribution is -2.61. The first-order valence-electron chi connectivity index (χ1n) is 6.41. The summed E-state index contributed by atoms with van der Waals surface area (Å²) in [6.45, 7) is 0. The highest BCUT2D eigenvalue weighted by molar-refractivity contribution is 6.09. The standard InChI is InChI=1S/C12H12N2O8/c15-5-1-2-6(16)13(5)9(11(19)20)10(12(21)22)14-7(17)3-4-8(14)18/h9-10H,1-4H2,(H,19,20)(H,21,22). The van der Waals surface area contributed by atoms with Crippen LogP contribution >= 0.6 is 0 Å². The van der Waals surface area contributed by atoms with Crippen LogP contribution in [0, 0.1) is 0 Å². The van der Waals surface area contributed by atoms with Crippen LogP contribution in [0.25, 0.3) is 0 Å². The van der Waals surface area contributed by atoms with E-state index in [2.05, 4.69) is 0 Å². The zero-order valence-electron chi connectivity index (χ0n) is 11.2. The summed E-state index contributed by atoms with van der Waals surface area (Å²) >= 11 is 0. The molecule has 0 aromatic carbocycles. The molecule has 2 aliphatic heterocycles. The molecule has 2 N–H and O–H groups in total. The second kappa shape index (κ2) is 5.54. The summed E-state index contributed by atoms with van der Waals surface area (Å²) in [5, 5.41) is 18.5. The zero-order valence-corrected chi connectivity index (χ0v) is 11.2. The Labute approximate surface area is 123 Å². The average Bonchev–Trinajstić information content (AvgIpc) is 2.91. The minimum Gasteiger partial charge on any atom is -0.480 e. The van der Waals surface area contributed by atoms with Crippen LogP contribution in [0.1, 0.15) is 25.7 Å². The van der Waals surface area contributed by atoms with Gasteiger partial charge in [0.05, 0.1) is 0 Å². The number of imide groups is 2. The number of carboxylic acids is 2. The number of amides is 4. The molecule has 0 aliphatic carbocycles. The summed E-state index contributed by atoms with van der Waals surface area (Å²) in [6.07, 6.45) is -0.957. The van der Waals surface area contributed by atoms with Crippen LogP contribution in [0.5, 0.6) is 0 Å². The molecule has 0 saturated carbocycles. The molecule has 118 valence electrons. The lowest BCUT2D eigenvalue weighted by Gasteiger charge is -2.32. The van der Waals surface area contributed by atoms with Crippen LogP contribution in [0.2, 0.25) is 0 Å². The number of carboxylic acid groups (broad SMARTS) is 2. The molecule has 2 unspecified atom stereocenters. The van der Waals surface area contributed by atoms with Crippen LogP contribution in [0.3, 0.4) is 0 Å². The predicted octanol–water partition coefficient (Wildman–Crippen LogP) is -1.81. The van der Waals surface area contributed by atoms with Gasteiger partial charge in [0.15, 0.2) is 12.1 Å². The van der Waals surface area contributed by atoms with Gasteiger partial charge in [-0.1, -0.05) is 0 Å². The Bertz CT molecular complexity index is 514. The Balaban J connectivity index is 2.47. The number of aliphatic carboxylic acids is 2. The van der Waals surface area contributed by atoms with Gasteiger partial charge in [-0.25, -0.2) is 9.59 Å². The monoisotopic (exact) mass is 312 g/mol. The molecule has 0 bridgehead atoms. The highest BCUT2D eigenvalue weighted by atomic mass is 16.4. The Morgan fingerprint density at radius 3 is 1.09 bits per heavy atom. The molecule has 2 heterocycles. The van der Waals surface area contributed by atoms with E-state index in [-0.39, 0.29) is 25.7 Å². The molecule has 10 heteroatoms. The van der Waals surface area contributed by atoms with Gasteiger partial charge in [-0.05, 0) is 0 Å². The fraction of sp³-hybridized carbons (Fsp3) is 0.500. The van der Waals surface area contributed by atoms with E-state index < -0.39 is 47.7 Å². The predicted molar refractivity (Wildman–Crippen MR) is 65.0 cm³/mol. The lowest BCUT2D eigenvalue weighted by atomic mass is 10.1. The third-order valence-corrected chi connectivity index (χ3v) is 3.54. The highest BCUT2D eigenvalue weighted by Crippen LogP contribution is 2.24. The van der Waals surface area contributed by atoms with Gasteiger partial charge in [0, 0.05) is 25.7 Å². The van der Waals surface area contributed by atoms with Crippen LogP contribution in [-0.2, 0) is 28.8 Å². The van der Waals surface area contributed by atoms with E-state index in [1.165, 1.54) is 0 Å². The smallest absolute Gasteiger partial charge is 0.329 e. The van der Waals surface area contributed by atoms with E-state index in [9.17, 15) is 39.0 Å². The molecule has 2 rings (SSSR count). The van der Waals surface area contributed by atoms with Crippen molar-refractivity contribution in [2.24, 2.45) is 0 Å². The summed E-state index contributed by atoms with van der Waals surface area (Å²) in [4.78, 5) is 70.3. The second-order valence-electron chi connectivity index (χ2n) is 4.88. The molecule has 0 aromatic rings. The Morgan fingerprint density at radius 2 is 0.909 bits per heavy atom.